The Balaban J connectivity index is 0.00000417. The van der Waals surface area contributed by atoms with Crippen molar-refractivity contribution in [2.24, 2.45) is 0 Å². The molecule has 6 nitrogen and oxygen atoms in total. The molecule has 0 bridgehead atoms. The summed E-state index contributed by atoms with van der Waals surface area (Å²) in [5.41, 5.74) is 10.8. The van der Waals surface area contributed by atoms with Gasteiger partial charge in [0.25, 0.3) is 5.91 Å². The van der Waals surface area contributed by atoms with Crippen LogP contribution in [0.15, 0.2) is 60.7 Å². The zero-order valence-electron chi connectivity index (χ0n) is 27.8. The molecule has 2 aliphatic rings. The summed E-state index contributed by atoms with van der Waals surface area (Å²) < 4.78 is 0. The number of aryl methyl sites for hydroxylation is 1. The molecule has 1 aliphatic carbocycles. The molecule has 256 valence electrons. The van der Waals surface area contributed by atoms with Crippen LogP contribution in [0.3, 0.4) is 0 Å². The molecular weight excluding hydrogens is 673 g/mol. The molecule has 49 heavy (non-hydrogen) atoms. The van der Waals surface area contributed by atoms with Gasteiger partial charge in [0, 0.05) is 74.2 Å². The lowest BCUT2D eigenvalue weighted by Gasteiger charge is -2.23. The molecule has 0 radical (unpaired) electrons. The van der Waals surface area contributed by atoms with Crippen LogP contribution < -0.4 is 16.0 Å². The molecule has 0 atom stereocenters. The lowest BCUT2D eigenvalue weighted by molar-refractivity contribution is 0.0953. The number of hydrogen-bond donors (Lipinski definition) is 3. The zero-order chi connectivity index (χ0) is 32.9. The average molecular weight is 717 g/mol. The second-order valence-electron chi connectivity index (χ2n) is 13.2. The van der Waals surface area contributed by atoms with Crippen molar-refractivity contribution in [3.8, 4) is 11.3 Å². The second kappa shape index (κ2) is 16.4. The Morgan fingerprint density at radius 3 is 2.29 bits per heavy atom. The van der Waals surface area contributed by atoms with Crippen LogP contribution in [0.2, 0.25) is 10.0 Å². The Morgan fingerprint density at radius 1 is 0.714 bits per heavy atom. The molecule has 1 amide bonds. The largest absolute Gasteiger partial charge is 0.384 e. The fourth-order valence-electron chi connectivity index (χ4n) is 7.29. The number of aromatic nitrogens is 2. The van der Waals surface area contributed by atoms with E-state index in [2.05, 4.69) is 22.0 Å². The van der Waals surface area contributed by atoms with Crippen LogP contribution in [0.25, 0.3) is 33.1 Å². The number of fused-ring (bicyclic) bond motifs is 5. The first-order chi connectivity index (χ1) is 23.5. The van der Waals surface area contributed by atoms with Crippen molar-refractivity contribution in [3.05, 3.63) is 93.1 Å². The third-order valence-corrected chi connectivity index (χ3v) is 10.3. The number of carbonyl (C=O) groups excluding carboxylic acids is 1. The minimum absolute atomic E-state index is 0. The number of pyridine rings is 2. The monoisotopic (exact) mass is 715 g/mol. The number of anilines is 2. The van der Waals surface area contributed by atoms with E-state index in [1.54, 1.807) is 0 Å². The van der Waals surface area contributed by atoms with E-state index in [1.807, 2.05) is 54.6 Å². The third kappa shape index (κ3) is 8.09. The van der Waals surface area contributed by atoms with E-state index in [0.29, 0.717) is 17.1 Å². The molecule has 0 spiro atoms. The molecule has 3 N–H and O–H groups in total. The number of unbranched alkanes of at least 4 members (excludes halogenated alkanes) is 5. The van der Waals surface area contributed by atoms with Crippen molar-refractivity contribution in [2.45, 2.75) is 77.0 Å². The topological polar surface area (TPSA) is 78.9 Å². The Morgan fingerprint density at radius 2 is 1.45 bits per heavy atom. The van der Waals surface area contributed by atoms with E-state index in [1.165, 1.54) is 60.0 Å². The summed E-state index contributed by atoms with van der Waals surface area (Å²) in [7, 11) is 0. The highest BCUT2D eigenvalue weighted by Gasteiger charge is 2.21. The highest BCUT2D eigenvalue weighted by Crippen LogP contribution is 2.38. The van der Waals surface area contributed by atoms with Crippen LogP contribution in [0.5, 0.6) is 0 Å². The average Bonchev–Trinajstić information content (AvgIpc) is 3.11. The predicted octanol–water partition coefficient (Wildman–Crippen LogP) is 10.6. The zero-order valence-corrected chi connectivity index (χ0v) is 30.2. The van der Waals surface area contributed by atoms with Gasteiger partial charge >= 0.3 is 0 Å². The summed E-state index contributed by atoms with van der Waals surface area (Å²) >= 11 is 12.4. The minimum atomic E-state index is -0.0255. The van der Waals surface area contributed by atoms with E-state index >= 15 is 0 Å². The number of rotatable bonds is 12. The first-order valence-corrected chi connectivity index (χ1v) is 18.4. The number of carbonyl (C=O) groups is 1. The van der Waals surface area contributed by atoms with Gasteiger partial charge in [-0.25, -0.2) is 4.98 Å². The molecule has 0 saturated heterocycles. The number of nitrogens with one attached hydrogen (secondary N) is 3. The van der Waals surface area contributed by atoms with Crippen LogP contribution in [0, 0.1) is 0 Å². The molecule has 3 aromatic carbocycles. The standard InChI is InChI=1S/C40H43Cl2N5O.ClH/c41-28-16-13-26(14-17-28)37-32-11-9-23-44-39(32)33-24-27(15-20-35(33)47-37)40(48)45-22-8-4-2-1-3-7-21-43-38-30-10-5-6-12-34(30)46-36-25-29(42)18-19-31(36)38;/h13-20,24-25,44H,1-12,21-23H2,(H,43,46)(H,45,48);1H. The van der Waals surface area contributed by atoms with Gasteiger partial charge in [-0.1, -0.05) is 61.0 Å². The fraction of sp³-hybridized carbons (Fsp3) is 0.375. The lowest BCUT2D eigenvalue weighted by Crippen LogP contribution is -2.24. The van der Waals surface area contributed by atoms with Gasteiger partial charge in [-0.3, -0.25) is 9.78 Å². The van der Waals surface area contributed by atoms with Crippen LogP contribution in [-0.2, 0) is 19.3 Å². The van der Waals surface area contributed by atoms with Crippen molar-refractivity contribution >= 4 is 74.7 Å². The summed E-state index contributed by atoms with van der Waals surface area (Å²) in [6.07, 6.45) is 13.4. The molecule has 0 saturated carbocycles. The number of benzene rings is 3. The first kappa shape index (κ1) is 35.3. The molecule has 1 aliphatic heterocycles. The van der Waals surface area contributed by atoms with Gasteiger partial charge in [0.1, 0.15) is 0 Å². The van der Waals surface area contributed by atoms with Crippen molar-refractivity contribution in [1.29, 1.82) is 0 Å². The fourth-order valence-corrected chi connectivity index (χ4v) is 7.58. The van der Waals surface area contributed by atoms with Crippen molar-refractivity contribution in [1.82, 2.24) is 15.3 Å². The van der Waals surface area contributed by atoms with Gasteiger partial charge in [-0.2, -0.15) is 0 Å². The van der Waals surface area contributed by atoms with Gasteiger partial charge in [0.15, 0.2) is 0 Å². The molecule has 9 heteroatoms. The Labute approximate surface area is 305 Å². The Kier molecular flexibility index (Phi) is 11.8. The molecular formula is C40H44Cl3N5O. The van der Waals surface area contributed by atoms with E-state index < -0.39 is 0 Å². The summed E-state index contributed by atoms with van der Waals surface area (Å²) in [5, 5.41) is 14.2. The second-order valence-corrected chi connectivity index (χ2v) is 14.0. The number of nitrogens with zero attached hydrogens (tertiary/aromatic N) is 2. The molecule has 3 heterocycles. The third-order valence-electron chi connectivity index (χ3n) is 9.79. The summed E-state index contributed by atoms with van der Waals surface area (Å²) in [6, 6.07) is 19.8. The predicted molar refractivity (Wildman–Crippen MR) is 208 cm³/mol. The van der Waals surface area contributed by atoms with Crippen LogP contribution in [0.1, 0.15) is 85.0 Å². The molecule has 7 rings (SSSR count). The summed E-state index contributed by atoms with van der Waals surface area (Å²) in [4.78, 5) is 23.1. The number of amides is 1. The number of halogens is 3. The van der Waals surface area contributed by atoms with Crippen LogP contribution in [0.4, 0.5) is 11.4 Å². The van der Waals surface area contributed by atoms with Gasteiger partial charge in [0.05, 0.1) is 16.7 Å². The summed E-state index contributed by atoms with van der Waals surface area (Å²) in [6.45, 7) is 2.57. The lowest BCUT2D eigenvalue weighted by atomic mass is 9.92. The van der Waals surface area contributed by atoms with E-state index in [4.69, 9.17) is 33.2 Å². The SMILES string of the molecule is Cl.O=C(NCCCCCCCCNc1c2c(nc3cc(Cl)ccc13)CCCC2)c1ccc2nc(-c3ccc(Cl)cc3)c3c(c2c1)NCCC3. The number of hydrogen-bond acceptors (Lipinski definition) is 5. The van der Waals surface area contributed by atoms with Gasteiger partial charge in [0.2, 0.25) is 0 Å². The molecule has 2 aromatic heterocycles. The quantitative estimate of drug-likeness (QED) is 0.112. The van der Waals surface area contributed by atoms with Crippen LogP contribution >= 0.6 is 35.6 Å². The van der Waals surface area contributed by atoms with Gasteiger partial charge in [-0.05, 0) is 105 Å². The molecule has 0 fully saturated rings. The van der Waals surface area contributed by atoms with Gasteiger partial charge in [-0.15, -0.1) is 12.4 Å². The smallest absolute Gasteiger partial charge is 0.251 e. The maximum atomic E-state index is 13.1. The van der Waals surface area contributed by atoms with Crippen molar-refractivity contribution in [3.63, 3.8) is 0 Å². The molecule has 5 aromatic rings. The van der Waals surface area contributed by atoms with E-state index in [9.17, 15) is 4.79 Å². The maximum Gasteiger partial charge on any atom is 0.251 e. The Bertz CT molecular complexity index is 1950. The summed E-state index contributed by atoms with van der Waals surface area (Å²) in [5.74, 6) is -0.0255. The molecule has 0 unspecified atom stereocenters. The normalized spacial score (nSPS) is 13.7. The Hall–Kier alpha value is -3.58. The van der Waals surface area contributed by atoms with Crippen LogP contribution in [-0.4, -0.2) is 35.5 Å². The van der Waals surface area contributed by atoms with Crippen molar-refractivity contribution in [2.75, 3.05) is 30.3 Å². The van der Waals surface area contributed by atoms with Crippen molar-refractivity contribution < 1.29 is 4.79 Å². The first-order valence-electron chi connectivity index (χ1n) is 17.6. The minimum Gasteiger partial charge on any atom is -0.384 e. The highest BCUT2D eigenvalue weighted by molar-refractivity contribution is 6.31. The van der Waals surface area contributed by atoms with Gasteiger partial charge < -0.3 is 16.0 Å². The van der Waals surface area contributed by atoms with E-state index in [0.717, 1.165) is 96.4 Å². The van der Waals surface area contributed by atoms with E-state index in [-0.39, 0.29) is 18.3 Å². The maximum absolute atomic E-state index is 13.1. The highest BCUT2D eigenvalue weighted by atomic mass is 35.5.